The molecule has 0 aliphatic carbocycles. The summed E-state index contributed by atoms with van der Waals surface area (Å²) in [6.07, 6.45) is 1.17. The SMILES string of the molecule is C[C@H](Nc1cc(N(Cc2ccc(F)cc2)C(=O)OC(C)(C)C)ccn1)c1ccccc1. The van der Waals surface area contributed by atoms with Gasteiger partial charge in [0.1, 0.15) is 17.2 Å². The van der Waals surface area contributed by atoms with E-state index in [0.717, 1.165) is 11.1 Å². The highest BCUT2D eigenvalue weighted by Crippen LogP contribution is 2.25. The van der Waals surface area contributed by atoms with Gasteiger partial charge in [0.2, 0.25) is 0 Å². The molecule has 0 saturated heterocycles. The lowest BCUT2D eigenvalue weighted by Gasteiger charge is -2.28. The number of rotatable bonds is 6. The lowest BCUT2D eigenvalue weighted by molar-refractivity contribution is 0.0577. The van der Waals surface area contributed by atoms with Crippen molar-refractivity contribution in [2.24, 2.45) is 0 Å². The van der Waals surface area contributed by atoms with Gasteiger partial charge in [-0.15, -0.1) is 0 Å². The normalized spacial score (nSPS) is 12.2. The van der Waals surface area contributed by atoms with Crippen LogP contribution < -0.4 is 10.2 Å². The van der Waals surface area contributed by atoms with Crippen molar-refractivity contribution < 1.29 is 13.9 Å². The van der Waals surface area contributed by atoms with Gasteiger partial charge < -0.3 is 10.1 Å². The van der Waals surface area contributed by atoms with Crippen molar-refractivity contribution in [3.63, 3.8) is 0 Å². The monoisotopic (exact) mass is 421 g/mol. The predicted octanol–water partition coefficient (Wildman–Crippen LogP) is 6.34. The second-order valence-corrected chi connectivity index (χ2v) is 8.37. The first-order chi connectivity index (χ1) is 14.7. The number of carbonyl (C=O) groups excluding carboxylic acids is 1. The lowest BCUT2D eigenvalue weighted by atomic mass is 10.1. The Morgan fingerprint density at radius 3 is 2.42 bits per heavy atom. The summed E-state index contributed by atoms with van der Waals surface area (Å²) in [5.74, 6) is 0.319. The zero-order valence-corrected chi connectivity index (χ0v) is 18.3. The smallest absolute Gasteiger partial charge is 0.415 e. The number of nitrogens with zero attached hydrogens (tertiary/aromatic N) is 2. The lowest BCUT2D eigenvalue weighted by Crippen LogP contribution is -2.36. The van der Waals surface area contributed by atoms with Crippen molar-refractivity contribution in [2.45, 2.75) is 45.9 Å². The van der Waals surface area contributed by atoms with E-state index in [9.17, 15) is 9.18 Å². The average Bonchev–Trinajstić information content (AvgIpc) is 2.73. The summed E-state index contributed by atoms with van der Waals surface area (Å²) in [6, 6.07) is 19.7. The van der Waals surface area contributed by atoms with Crippen LogP contribution in [0.15, 0.2) is 72.9 Å². The van der Waals surface area contributed by atoms with Gasteiger partial charge in [-0.25, -0.2) is 14.2 Å². The van der Waals surface area contributed by atoms with Crippen molar-refractivity contribution >= 4 is 17.6 Å². The van der Waals surface area contributed by atoms with Gasteiger partial charge in [0, 0.05) is 18.3 Å². The number of anilines is 2. The zero-order chi connectivity index (χ0) is 22.4. The summed E-state index contributed by atoms with van der Waals surface area (Å²) in [5.41, 5.74) is 1.91. The number of hydrogen-bond donors (Lipinski definition) is 1. The molecular weight excluding hydrogens is 393 g/mol. The molecule has 162 valence electrons. The zero-order valence-electron chi connectivity index (χ0n) is 18.3. The molecule has 1 amide bonds. The predicted molar refractivity (Wildman–Crippen MR) is 122 cm³/mol. The van der Waals surface area contributed by atoms with Crippen LogP contribution in [0.2, 0.25) is 0 Å². The fourth-order valence-corrected chi connectivity index (χ4v) is 3.06. The molecular formula is C25H28FN3O2. The first-order valence-electron chi connectivity index (χ1n) is 10.2. The van der Waals surface area contributed by atoms with E-state index in [1.54, 1.807) is 24.4 Å². The van der Waals surface area contributed by atoms with Gasteiger partial charge in [0.05, 0.1) is 12.2 Å². The molecule has 0 unspecified atom stereocenters. The van der Waals surface area contributed by atoms with E-state index in [2.05, 4.69) is 10.3 Å². The molecule has 0 aliphatic heterocycles. The number of benzene rings is 2. The molecule has 1 N–H and O–H groups in total. The minimum Gasteiger partial charge on any atom is -0.443 e. The summed E-state index contributed by atoms with van der Waals surface area (Å²) < 4.78 is 18.9. The number of ether oxygens (including phenoxy) is 1. The van der Waals surface area contributed by atoms with Gasteiger partial charge in [-0.2, -0.15) is 0 Å². The van der Waals surface area contributed by atoms with Gasteiger partial charge >= 0.3 is 6.09 Å². The van der Waals surface area contributed by atoms with Crippen LogP contribution in [0.25, 0.3) is 0 Å². The van der Waals surface area contributed by atoms with E-state index in [1.165, 1.54) is 17.0 Å². The number of nitrogens with one attached hydrogen (secondary N) is 1. The highest BCUT2D eigenvalue weighted by Gasteiger charge is 2.24. The first kappa shape index (κ1) is 22.3. The Kier molecular flexibility index (Phi) is 6.90. The quantitative estimate of drug-likeness (QED) is 0.505. The summed E-state index contributed by atoms with van der Waals surface area (Å²) in [5, 5.41) is 3.37. The molecule has 0 saturated carbocycles. The number of carbonyl (C=O) groups is 1. The Labute approximate surface area is 182 Å². The van der Waals surface area contributed by atoms with E-state index in [1.807, 2.05) is 64.1 Å². The van der Waals surface area contributed by atoms with Crippen molar-refractivity contribution in [3.8, 4) is 0 Å². The van der Waals surface area contributed by atoms with Crippen LogP contribution in [0.5, 0.6) is 0 Å². The Morgan fingerprint density at radius 2 is 1.77 bits per heavy atom. The van der Waals surface area contributed by atoms with Gasteiger partial charge in [-0.3, -0.25) is 4.90 Å². The summed E-state index contributed by atoms with van der Waals surface area (Å²) in [7, 11) is 0. The van der Waals surface area contributed by atoms with Crippen LogP contribution in [0, 0.1) is 5.82 Å². The third kappa shape index (κ3) is 6.54. The maximum Gasteiger partial charge on any atom is 0.415 e. The minimum atomic E-state index is -0.645. The maximum absolute atomic E-state index is 13.3. The van der Waals surface area contributed by atoms with Crippen LogP contribution in [-0.4, -0.2) is 16.7 Å². The largest absolute Gasteiger partial charge is 0.443 e. The summed E-state index contributed by atoms with van der Waals surface area (Å²) in [6.45, 7) is 7.76. The number of amides is 1. The molecule has 3 aromatic rings. The molecule has 1 aromatic heterocycles. The molecule has 1 heterocycles. The molecule has 0 bridgehead atoms. The summed E-state index contributed by atoms with van der Waals surface area (Å²) in [4.78, 5) is 18.9. The van der Waals surface area contributed by atoms with Crippen LogP contribution in [0.4, 0.5) is 20.7 Å². The van der Waals surface area contributed by atoms with Gasteiger partial charge in [0.25, 0.3) is 0 Å². The standard InChI is InChI=1S/C25H28FN3O2/c1-18(20-8-6-5-7-9-20)28-23-16-22(14-15-27-23)29(24(30)31-25(2,3)4)17-19-10-12-21(26)13-11-19/h5-16,18H,17H2,1-4H3,(H,27,28)/t18-/m0/s1. The van der Waals surface area contributed by atoms with Crippen molar-refractivity contribution in [1.29, 1.82) is 0 Å². The molecule has 0 radical (unpaired) electrons. The van der Waals surface area contributed by atoms with E-state index >= 15 is 0 Å². The number of halogens is 1. The molecule has 1 atom stereocenters. The Balaban J connectivity index is 1.86. The molecule has 2 aromatic carbocycles. The average molecular weight is 422 g/mol. The molecule has 3 rings (SSSR count). The number of pyridine rings is 1. The summed E-state index contributed by atoms with van der Waals surface area (Å²) >= 11 is 0. The van der Waals surface area contributed by atoms with E-state index in [0.29, 0.717) is 11.5 Å². The Bertz CT molecular complexity index is 1000. The first-order valence-corrected chi connectivity index (χ1v) is 10.2. The molecule has 0 fully saturated rings. The number of hydrogen-bond acceptors (Lipinski definition) is 4. The fourth-order valence-electron chi connectivity index (χ4n) is 3.06. The second kappa shape index (κ2) is 9.60. The van der Waals surface area contributed by atoms with Crippen LogP contribution >= 0.6 is 0 Å². The van der Waals surface area contributed by atoms with Gasteiger partial charge in [-0.1, -0.05) is 42.5 Å². The Morgan fingerprint density at radius 1 is 1.10 bits per heavy atom. The number of aromatic nitrogens is 1. The maximum atomic E-state index is 13.3. The molecule has 0 aliphatic rings. The highest BCUT2D eigenvalue weighted by molar-refractivity contribution is 5.88. The van der Waals surface area contributed by atoms with Crippen molar-refractivity contribution in [2.75, 3.05) is 10.2 Å². The molecule has 5 nitrogen and oxygen atoms in total. The van der Waals surface area contributed by atoms with Crippen LogP contribution in [-0.2, 0) is 11.3 Å². The van der Waals surface area contributed by atoms with Crippen molar-refractivity contribution in [3.05, 3.63) is 89.9 Å². The van der Waals surface area contributed by atoms with Crippen LogP contribution in [0.1, 0.15) is 44.9 Å². The molecule has 31 heavy (non-hydrogen) atoms. The highest BCUT2D eigenvalue weighted by atomic mass is 19.1. The third-order valence-corrected chi connectivity index (χ3v) is 4.59. The van der Waals surface area contributed by atoms with E-state index in [-0.39, 0.29) is 18.4 Å². The fraction of sp³-hybridized carbons (Fsp3) is 0.280. The third-order valence-electron chi connectivity index (χ3n) is 4.59. The minimum absolute atomic E-state index is 0.0380. The van der Waals surface area contributed by atoms with Gasteiger partial charge in [0.15, 0.2) is 0 Å². The second-order valence-electron chi connectivity index (χ2n) is 8.37. The van der Waals surface area contributed by atoms with E-state index < -0.39 is 11.7 Å². The Hall–Kier alpha value is -3.41. The van der Waals surface area contributed by atoms with Crippen molar-refractivity contribution in [1.82, 2.24) is 4.98 Å². The molecule has 0 spiro atoms. The van der Waals surface area contributed by atoms with E-state index in [4.69, 9.17) is 4.74 Å². The van der Waals surface area contributed by atoms with Crippen LogP contribution in [0.3, 0.4) is 0 Å². The van der Waals surface area contributed by atoms with Gasteiger partial charge in [-0.05, 0) is 57.0 Å². The topological polar surface area (TPSA) is 54.5 Å². The molecule has 6 heteroatoms.